The molecule has 5 atom stereocenters. The summed E-state index contributed by atoms with van der Waals surface area (Å²) in [6.07, 6.45) is -6.71. The molecule has 0 amide bonds. The Morgan fingerprint density at radius 1 is 0.844 bits per heavy atom. The van der Waals surface area contributed by atoms with E-state index in [0.717, 1.165) is 35.1 Å². The molecule has 0 radical (unpaired) electrons. The lowest BCUT2D eigenvalue weighted by Crippen LogP contribution is -2.61. The van der Waals surface area contributed by atoms with Gasteiger partial charge in [-0.3, -0.25) is 0 Å². The van der Waals surface area contributed by atoms with Crippen molar-refractivity contribution in [3.63, 3.8) is 0 Å². The number of hydrogen-bond acceptors (Lipinski definition) is 7. The van der Waals surface area contributed by atoms with Crippen LogP contribution in [0.25, 0.3) is 11.1 Å². The maximum atomic E-state index is 11.2. The number of carbonyl (C=O) groups is 1. The van der Waals surface area contributed by atoms with Crippen molar-refractivity contribution >= 4 is 17.1 Å². The predicted molar refractivity (Wildman–Crippen MR) is 117 cm³/mol. The number of carboxylic acid groups (broad SMARTS) is 1. The first-order valence-corrected chi connectivity index (χ1v) is 10.5. The first kappa shape index (κ1) is 23.7. The van der Waals surface area contributed by atoms with E-state index in [1.54, 1.807) is 24.3 Å². The third kappa shape index (κ3) is 4.94. The summed E-state index contributed by atoms with van der Waals surface area (Å²) in [6.45, 7) is 4.12. The number of hydrogen-bond donors (Lipinski definition) is 5. The fraction of sp³-hybridized carbons (Fsp3) is 0.375. The van der Waals surface area contributed by atoms with Crippen molar-refractivity contribution in [1.29, 1.82) is 0 Å². The fourth-order valence-electron chi connectivity index (χ4n) is 3.86. The lowest BCUT2D eigenvalue weighted by Gasteiger charge is -2.38. The van der Waals surface area contributed by atoms with Gasteiger partial charge in [-0.05, 0) is 59.4 Å². The SMILES string of the molecule is CC/C(=C(/CC)c1ccc(O[C@@H]2O[C@H](C(=O)O)[C@@H](O)C(O)[C@H]2O)cc1)c1ccc(O)cc1. The van der Waals surface area contributed by atoms with Gasteiger partial charge in [0.15, 0.2) is 6.10 Å². The van der Waals surface area contributed by atoms with Crippen LogP contribution in [-0.4, -0.2) is 62.2 Å². The Bertz CT molecular complexity index is 951. The summed E-state index contributed by atoms with van der Waals surface area (Å²) < 4.78 is 10.7. The molecule has 32 heavy (non-hydrogen) atoms. The van der Waals surface area contributed by atoms with E-state index in [1.165, 1.54) is 0 Å². The molecule has 1 saturated heterocycles. The zero-order valence-corrected chi connectivity index (χ0v) is 17.9. The molecular weight excluding hydrogens is 416 g/mol. The average Bonchev–Trinajstić information content (AvgIpc) is 2.79. The highest BCUT2D eigenvalue weighted by Gasteiger charge is 2.48. The molecule has 2 aromatic rings. The molecule has 1 fully saturated rings. The number of allylic oxidation sites excluding steroid dienone is 2. The Morgan fingerprint density at radius 2 is 1.34 bits per heavy atom. The topological polar surface area (TPSA) is 137 Å². The van der Waals surface area contributed by atoms with E-state index in [1.807, 2.05) is 24.3 Å². The molecule has 1 unspecified atom stereocenters. The first-order valence-electron chi connectivity index (χ1n) is 10.5. The Labute approximate surface area is 186 Å². The number of phenols is 1. The Hall–Kier alpha value is -2.91. The summed E-state index contributed by atoms with van der Waals surface area (Å²) >= 11 is 0. The molecule has 8 nitrogen and oxygen atoms in total. The maximum absolute atomic E-state index is 11.2. The summed E-state index contributed by atoms with van der Waals surface area (Å²) in [5.41, 5.74) is 4.26. The molecule has 172 valence electrons. The van der Waals surface area contributed by atoms with E-state index in [2.05, 4.69) is 13.8 Å². The zero-order chi connectivity index (χ0) is 23.4. The minimum atomic E-state index is -1.77. The smallest absolute Gasteiger partial charge is 0.335 e. The quantitative estimate of drug-likeness (QED) is 0.411. The lowest BCUT2D eigenvalue weighted by atomic mass is 9.91. The summed E-state index contributed by atoms with van der Waals surface area (Å²) in [5.74, 6) is -0.950. The van der Waals surface area contributed by atoms with Crippen LogP contribution in [0.15, 0.2) is 48.5 Å². The van der Waals surface area contributed by atoms with Gasteiger partial charge in [0.05, 0.1) is 0 Å². The highest BCUT2D eigenvalue weighted by molar-refractivity contribution is 5.90. The number of rotatable bonds is 7. The van der Waals surface area contributed by atoms with Crippen LogP contribution in [-0.2, 0) is 9.53 Å². The number of aliphatic hydroxyl groups is 3. The molecule has 0 aliphatic carbocycles. The molecule has 0 spiro atoms. The number of aliphatic hydroxyl groups excluding tert-OH is 3. The summed E-state index contributed by atoms with van der Waals surface area (Å²) in [5, 5.41) is 48.6. The van der Waals surface area contributed by atoms with Crippen LogP contribution in [0.5, 0.6) is 11.5 Å². The van der Waals surface area contributed by atoms with Crippen molar-refractivity contribution in [3.8, 4) is 11.5 Å². The van der Waals surface area contributed by atoms with Gasteiger partial charge in [0, 0.05) is 0 Å². The largest absolute Gasteiger partial charge is 0.508 e. The van der Waals surface area contributed by atoms with Gasteiger partial charge in [0.25, 0.3) is 0 Å². The van der Waals surface area contributed by atoms with E-state index < -0.39 is 36.7 Å². The second-order valence-corrected chi connectivity index (χ2v) is 7.59. The maximum Gasteiger partial charge on any atom is 0.335 e. The van der Waals surface area contributed by atoms with Gasteiger partial charge in [0.1, 0.15) is 29.8 Å². The molecule has 1 aliphatic heterocycles. The van der Waals surface area contributed by atoms with Crippen molar-refractivity contribution < 1.29 is 39.8 Å². The molecule has 2 aromatic carbocycles. The van der Waals surface area contributed by atoms with Gasteiger partial charge in [-0.25, -0.2) is 4.79 Å². The molecule has 3 rings (SSSR count). The summed E-state index contributed by atoms with van der Waals surface area (Å²) in [4.78, 5) is 11.2. The second kappa shape index (κ2) is 10.1. The van der Waals surface area contributed by atoms with Crippen LogP contribution in [0.3, 0.4) is 0 Å². The fourth-order valence-corrected chi connectivity index (χ4v) is 3.86. The van der Waals surface area contributed by atoms with E-state index in [-0.39, 0.29) is 5.75 Å². The van der Waals surface area contributed by atoms with E-state index in [0.29, 0.717) is 5.75 Å². The molecule has 0 aromatic heterocycles. The van der Waals surface area contributed by atoms with Crippen LogP contribution in [0, 0.1) is 0 Å². The van der Waals surface area contributed by atoms with E-state index in [4.69, 9.17) is 14.6 Å². The summed E-state index contributed by atoms with van der Waals surface area (Å²) in [6, 6.07) is 14.1. The van der Waals surface area contributed by atoms with E-state index >= 15 is 0 Å². The van der Waals surface area contributed by atoms with Gasteiger partial charge >= 0.3 is 5.97 Å². The minimum absolute atomic E-state index is 0.207. The van der Waals surface area contributed by atoms with Crippen molar-refractivity contribution in [2.45, 2.75) is 57.4 Å². The summed E-state index contributed by atoms with van der Waals surface area (Å²) in [7, 11) is 0. The highest BCUT2D eigenvalue weighted by Crippen LogP contribution is 2.33. The molecule has 0 saturated carbocycles. The molecule has 0 bridgehead atoms. The van der Waals surface area contributed by atoms with Crippen molar-refractivity contribution in [3.05, 3.63) is 59.7 Å². The Balaban J connectivity index is 1.83. The average molecular weight is 444 g/mol. The molecule has 1 aliphatic rings. The Morgan fingerprint density at radius 3 is 1.81 bits per heavy atom. The van der Waals surface area contributed by atoms with Crippen LogP contribution < -0.4 is 4.74 Å². The van der Waals surface area contributed by atoms with Crippen molar-refractivity contribution in [2.75, 3.05) is 0 Å². The molecule has 8 heteroatoms. The van der Waals surface area contributed by atoms with Gasteiger partial charge in [-0.2, -0.15) is 0 Å². The van der Waals surface area contributed by atoms with Gasteiger partial charge < -0.3 is 35.0 Å². The van der Waals surface area contributed by atoms with Crippen molar-refractivity contribution in [2.24, 2.45) is 0 Å². The standard InChI is InChI=1S/C24H28O8/c1-3-17(13-5-9-15(25)10-6-13)18(4-2)14-7-11-16(12-8-14)31-24-21(28)19(26)20(27)22(32-24)23(29)30/h5-12,19-22,24-28H,3-4H2,1-2H3,(H,29,30)/b18-17+/t19?,20-,21+,22-,24+/m0/s1. The normalized spacial score (nSPS) is 26.3. The number of ether oxygens (including phenoxy) is 2. The third-order valence-electron chi connectivity index (χ3n) is 5.56. The monoisotopic (exact) mass is 444 g/mol. The zero-order valence-electron chi connectivity index (χ0n) is 17.9. The number of benzene rings is 2. The molecule has 5 N–H and O–H groups in total. The van der Waals surface area contributed by atoms with Crippen LogP contribution >= 0.6 is 0 Å². The number of phenolic OH excluding ortho intramolecular Hbond substituents is 1. The van der Waals surface area contributed by atoms with Gasteiger partial charge in [0.2, 0.25) is 6.29 Å². The second-order valence-electron chi connectivity index (χ2n) is 7.59. The van der Waals surface area contributed by atoms with Gasteiger partial charge in [-0.15, -0.1) is 0 Å². The number of aromatic hydroxyl groups is 1. The lowest BCUT2D eigenvalue weighted by molar-refractivity contribution is -0.271. The highest BCUT2D eigenvalue weighted by atomic mass is 16.7. The molecular formula is C24H28O8. The molecule has 1 heterocycles. The van der Waals surface area contributed by atoms with Crippen molar-refractivity contribution in [1.82, 2.24) is 0 Å². The van der Waals surface area contributed by atoms with E-state index in [9.17, 15) is 25.2 Å². The van der Waals surface area contributed by atoms with Gasteiger partial charge in [-0.1, -0.05) is 38.1 Å². The van der Waals surface area contributed by atoms with Crippen LogP contribution in [0.2, 0.25) is 0 Å². The predicted octanol–water partition coefficient (Wildman–Crippen LogP) is 2.39. The number of carboxylic acids is 1. The Kier molecular flexibility index (Phi) is 7.52. The van der Waals surface area contributed by atoms with Crippen LogP contribution in [0.4, 0.5) is 0 Å². The third-order valence-corrected chi connectivity index (χ3v) is 5.56. The minimum Gasteiger partial charge on any atom is -0.508 e. The number of aliphatic carboxylic acids is 1. The first-order chi connectivity index (χ1) is 15.3. The van der Waals surface area contributed by atoms with Crippen LogP contribution in [0.1, 0.15) is 37.8 Å².